The predicted octanol–water partition coefficient (Wildman–Crippen LogP) is 3.99. The van der Waals surface area contributed by atoms with Crippen LogP contribution >= 0.6 is 0 Å². The molecule has 0 saturated heterocycles. The molecule has 5 nitrogen and oxygen atoms in total. The fraction of sp³-hybridized carbons (Fsp3) is 0.231. The van der Waals surface area contributed by atoms with Crippen LogP contribution in [0.15, 0.2) is 66.7 Å². The monoisotopic (exact) mass is 450 g/mol. The van der Waals surface area contributed by atoms with Crippen LogP contribution in [0.3, 0.4) is 0 Å². The van der Waals surface area contributed by atoms with Gasteiger partial charge in [0.05, 0.1) is 18.7 Å². The molecule has 1 aliphatic heterocycles. The van der Waals surface area contributed by atoms with Gasteiger partial charge >= 0.3 is 5.97 Å². The van der Waals surface area contributed by atoms with E-state index in [1.807, 2.05) is 24.3 Å². The molecule has 1 amide bonds. The molecule has 1 atom stereocenters. The van der Waals surface area contributed by atoms with E-state index in [9.17, 15) is 18.4 Å². The van der Waals surface area contributed by atoms with Gasteiger partial charge in [0, 0.05) is 25.2 Å². The van der Waals surface area contributed by atoms with Gasteiger partial charge in [0.15, 0.2) is 11.6 Å². The summed E-state index contributed by atoms with van der Waals surface area (Å²) in [4.78, 5) is 26.7. The molecule has 1 unspecified atom stereocenters. The Morgan fingerprint density at radius 2 is 1.70 bits per heavy atom. The number of esters is 1. The number of fused-ring (bicyclic) bond motifs is 1. The van der Waals surface area contributed by atoms with Gasteiger partial charge in [-0.05, 0) is 41.3 Å². The first-order valence-electron chi connectivity index (χ1n) is 10.7. The highest BCUT2D eigenvalue weighted by Crippen LogP contribution is 2.21. The van der Waals surface area contributed by atoms with E-state index in [1.165, 1.54) is 24.1 Å². The number of carbonyl (C=O) groups is 2. The lowest BCUT2D eigenvalue weighted by atomic mass is 9.95. The first-order chi connectivity index (χ1) is 16.0. The fourth-order valence-electron chi connectivity index (χ4n) is 4.02. The van der Waals surface area contributed by atoms with E-state index in [0.717, 1.165) is 22.8 Å². The van der Waals surface area contributed by atoms with Gasteiger partial charge in [-0.3, -0.25) is 4.79 Å². The number of halogens is 2. The Morgan fingerprint density at radius 3 is 2.42 bits per heavy atom. The summed E-state index contributed by atoms with van der Waals surface area (Å²) in [6.45, 7) is 0.652. The molecule has 1 aliphatic rings. The number of nitrogens with zero attached hydrogens (tertiary/aromatic N) is 1. The normalized spacial score (nSPS) is 14.9. The molecule has 0 saturated carbocycles. The standard InChI is InChI=1S/C26H24F2N2O3/c1-33-26(32)18-11-9-17(10-12-18)15-30(16-21-7-4-8-22(27)24(21)28)25(31)23-13-19-5-2-3-6-20(19)14-29-23/h2-12,23,29H,13-16H2,1H3. The number of methoxy groups -OCH3 is 1. The number of ether oxygens (including phenoxy) is 1. The van der Waals surface area contributed by atoms with Crippen LogP contribution < -0.4 is 5.32 Å². The van der Waals surface area contributed by atoms with Gasteiger partial charge in [0.2, 0.25) is 5.91 Å². The van der Waals surface area contributed by atoms with E-state index < -0.39 is 23.6 Å². The molecule has 0 aliphatic carbocycles. The summed E-state index contributed by atoms with van der Waals surface area (Å²) in [5, 5.41) is 3.26. The molecule has 3 aromatic carbocycles. The van der Waals surface area contributed by atoms with E-state index >= 15 is 0 Å². The summed E-state index contributed by atoms with van der Waals surface area (Å²) in [5.41, 5.74) is 3.48. The molecule has 4 rings (SSSR count). The van der Waals surface area contributed by atoms with Crippen LogP contribution in [0.1, 0.15) is 32.6 Å². The first kappa shape index (κ1) is 22.6. The number of nitrogens with one attached hydrogen (secondary N) is 1. The number of hydrogen-bond acceptors (Lipinski definition) is 4. The third-order valence-corrected chi connectivity index (χ3v) is 5.83. The number of rotatable bonds is 6. The van der Waals surface area contributed by atoms with Crippen molar-refractivity contribution in [1.29, 1.82) is 0 Å². The highest BCUT2D eigenvalue weighted by Gasteiger charge is 2.29. The van der Waals surface area contributed by atoms with Crippen molar-refractivity contribution >= 4 is 11.9 Å². The average molecular weight is 450 g/mol. The van der Waals surface area contributed by atoms with Crippen molar-refractivity contribution in [2.24, 2.45) is 0 Å². The second-order valence-electron chi connectivity index (χ2n) is 8.00. The Bertz CT molecular complexity index is 1160. The highest BCUT2D eigenvalue weighted by atomic mass is 19.2. The van der Waals surface area contributed by atoms with Crippen molar-refractivity contribution in [3.05, 3.63) is 106 Å². The molecule has 0 radical (unpaired) electrons. The minimum Gasteiger partial charge on any atom is -0.465 e. The Kier molecular flexibility index (Phi) is 6.79. The predicted molar refractivity (Wildman–Crippen MR) is 119 cm³/mol. The van der Waals surface area contributed by atoms with Gasteiger partial charge < -0.3 is 15.0 Å². The number of carbonyl (C=O) groups excluding carboxylic acids is 2. The smallest absolute Gasteiger partial charge is 0.337 e. The lowest BCUT2D eigenvalue weighted by Gasteiger charge is -2.31. The number of amides is 1. The lowest BCUT2D eigenvalue weighted by Crippen LogP contribution is -2.49. The lowest BCUT2D eigenvalue weighted by molar-refractivity contribution is -0.135. The van der Waals surface area contributed by atoms with Crippen LogP contribution in [-0.2, 0) is 35.6 Å². The minimum absolute atomic E-state index is 0.0823. The van der Waals surface area contributed by atoms with Gasteiger partial charge in [-0.1, -0.05) is 48.5 Å². The van der Waals surface area contributed by atoms with E-state index in [0.29, 0.717) is 18.5 Å². The molecule has 0 aromatic heterocycles. The van der Waals surface area contributed by atoms with Gasteiger partial charge in [0.25, 0.3) is 0 Å². The summed E-state index contributed by atoms with van der Waals surface area (Å²) in [6.07, 6.45) is 0.512. The van der Waals surface area contributed by atoms with Gasteiger partial charge in [-0.15, -0.1) is 0 Å². The molecule has 1 N–H and O–H groups in total. The van der Waals surface area contributed by atoms with Crippen molar-refractivity contribution in [3.63, 3.8) is 0 Å². The third-order valence-electron chi connectivity index (χ3n) is 5.83. The van der Waals surface area contributed by atoms with Gasteiger partial charge in [-0.25, -0.2) is 13.6 Å². The Balaban J connectivity index is 1.59. The van der Waals surface area contributed by atoms with E-state index in [2.05, 4.69) is 5.32 Å². The quantitative estimate of drug-likeness (QED) is 0.577. The molecule has 0 spiro atoms. The van der Waals surface area contributed by atoms with Crippen LogP contribution in [0.25, 0.3) is 0 Å². The van der Waals surface area contributed by atoms with Gasteiger partial charge in [0.1, 0.15) is 0 Å². The summed E-state index contributed by atoms with van der Waals surface area (Å²) < 4.78 is 32.9. The third kappa shape index (κ3) is 5.09. The molecular weight excluding hydrogens is 426 g/mol. The molecule has 0 bridgehead atoms. The summed E-state index contributed by atoms with van der Waals surface area (Å²) >= 11 is 0. The largest absolute Gasteiger partial charge is 0.465 e. The number of benzene rings is 3. The zero-order valence-corrected chi connectivity index (χ0v) is 18.2. The van der Waals surface area contributed by atoms with Crippen molar-refractivity contribution in [2.45, 2.75) is 32.1 Å². The summed E-state index contributed by atoms with van der Waals surface area (Å²) in [5.74, 6) is -2.57. The Morgan fingerprint density at radius 1 is 0.970 bits per heavy atom. The zero-order chi connectivity index (χ0) is 23.4. The maximum absolute atomic E-state index is 14.4. The van der Waals surface area contributed by atoms with Crippen LogP contribution in [0.4, 0.5) is 8.78 Å². The van der Waals surface area contributed by atoms with E-state index in [-0.39, 0.29) is 24.6 Å². The van der Waals surface area contributed by atoms with Gasteiger partial charge in [-0.2, -0.15) is 0 Å². The average Bonchev–Trinajstić information content (AvgIpc) is 2.85. The van der Waals surface area contributed by atoms with E-state index in [4.69, 9.17) is 4.74 Å². The van der Waals surface area contributed by atoms with Crippen molar-refractivity contribution in [2.75, 3.05) is 7.11 Å². The highest BCUT2D eigenvalue weighted by molar-refractivity contribution is 5.89. The minimum atomic E-state index is -0.960. The van der Waals surface area contributed by atoms with Crippen molar-refractivity contribution < 1.29 is 23.1 Å². The van der Waals surface area contributed by atoms with Crippen molar-refractivity contribution in [1.82, 2.24) is 10.2 Å². The fourth-order valence-corrected chi connectivity index (χ4v) is 4.02. The van der Waals surface area contributed by atoms with Crippen LogP contribution in [-0.4, -0.2) is 29.9 Å². The summed E-state index contributed by atoms with van der Waals surface area (Å²) in [7, 11) is 1.31. The van der Waals surface area contributed by atoms with Crippen LogP contribution in [0.2, 0.25) is 0 Å². The molecule has 1 heterocycles. The topological polar surface area (TPSA) is 58.6 Å². The maximum Gasteiger partial charge on any atom is 0.337 e. The summed E-state index contributed by atoms with van der Waals surface area (Å²) in [6, 6.07) is 18.1. The SMILES string of the molecule is COC(=O)c1ccc(CN(Cc2cccc(F)c2F)C(=O)C2Cc3ccccc3CN2)cc1. The molecule has 3 aromatic rings. The first-order valence-corrected chi connectivity index (χ1v) is 10.7. The van der Waals surface area contributed by atoms with Crippen LogP contribution in [0, 0.1) is 11.6 Å². The molecule has 7 heteroatoms. The number of hydrogen-bond donors (Lipinski definition) is 1. The zero-order valence-electron chi connectivity index (χ0n) is 18.2. The van der Waals surface area contributed by atoms with E-state index in [1.54, 1.807) is 24.3 Å². The second kappa shape index (κ2) is 9.92. The Hall–Kier alpha value is -3.58. The molecule has 170 valence electrons. The Labute approximate surface area is 191 Å². The molecular formula is C26H24F2N2O3. The molecule has 0 fully saturated rings. The van der Waals surface area contributed by atoms with Crippen LogP contribution in [0.5, 0.6) is 0 Å². The van der Waals surface area contributed by atoms with Crippen molar-refractivity contribution in [3.8, 4) is 0 Å². The molecule has 33 heavy (non-hydrogen) atoms. The second-order valence-corrected chi connectivity index (χ2v) is 8.00. The maximum atomic E-state index is 14.4.